The van der Waals surface area contributed by atoms with Gasteiger partial charge in [-0.25, -0.2) is 4.98 Å². The van der Waals surface area contributed by atoms with Crippen molar-refractivity contribution in [3.05, 3.63) is 71.2 Å². The first-order valence-corrected chi connectivity index (χ1v) is 8.71. The average Bonchev–Trinajstić information content (AvgIpc) is 3.17. The fraction of sp³-hybridized carbons (Fsp3) is 0.105. The van der Waals surface area contributed by atoms with Gasteiger partial charge in [0, 0.05) is 10.9 Å². The lowest BCUT2D eigenvalue weighted by atomic mass is 10.1. The van der Waals surface area contributed by atoms with E-state index in [1.165, 1.54) is 11.3 Å². The van der Waals surface area contributed by atoms with Gasteiger partial charge in [0.15, 0.2) is 0 Å². The average molecular weight is 367 g/mol. The molecule has 0 aliphatic heterocycles. The molecule has 0 fully saturated rings. The van der Waals surface area contributed by atoms with Crippen LogP contribution in [-0.2, 0) is 4.79 Å². The first kappa shape index (κ1) is 17.6. The van der Waals surface area contributed by atoms with Gasteiger partial charge in [0.05, 0.1) is 7.11 Å². The second-order valence-electron chi connectivity index (χ2n) is 5.49. The molecule has 26 heavy (non-hydrogen) atoms. The molecule has 1 aromatic heterocycles. The zero-order valence-electron chi connectivity index (χ0n) is 14.0. The largest absolute Gasteiger partial charge is 0.497 e. The summed E-state index contributed by atoms with van der Waals surface area (Å²) in [6.45, 7) is 0. The van der Waals surface area contributed by atoms with Crippen LogP contribution in [0, 0.1) is 0 Å². The highest BCUT2D eigenvalue weighted by molar-refractivity contribution is 7.13. The number of nitrogens with one attached hydrogen (secondary N) is 1. The summed E-state index contributed by atoms with van der Waals surface area (Å²) in [6, 6.07) is 15.3. The Morgan fingerprint density at radius 2 is 1.81 bits per heavy atom. The van der Waals surface area contributed by atoms with E-state index in [4.69, 9.17) is 10.5 Å². The van der Waals surface area contributed by atoms with Gasteiger partial charge in [-0.3, -0.25) is 9.59 Å². The van der Waals surface area contributed by atoms with Crippen LogP contribution in [0.15, 0.2) is 60.0 Å². The molecule has 0 saturated heterocycles. The van der Waals surface area contributed by atoms with Crippen molar-refractivity contribution in [2.75, 3.05) is 7.11 Å². The van der Waals surface area contributed by atoms with E-state index in [2.05, 4.69) is 10.3 Å². The standard InChI is InChI=1S/C19H17N3O3S/c1-25-14-9-7-13(8-10-14)19-21-15(11-26-19)18(24)22-16(17(20)23)12-5-3-2-4-6-12/h2-11,16H,1H3,(H2,20,23)(H,22,24). The first-order valence-electron chi connectivity index (χ1n) is 7.83. The maximum absolute atomic E-state index is 12.5. The van der Waals surface area contributed by atoms with Gasteiger partial charge in [-0.1, -0.05) is 30.3 Å². The molecular weight excluding hydrogens is 350 g/mol. The lowest BCUT2D eigenvalue weighted by molar-refractivity contribution is -0.120. The third kappa shape index (κ3) is 3.89. The highest BCUT2D eigenvalue weighted by atomic mass is 32.1. The Bertz CT molecular complexity index is 907. The van der Waals surface area contributed by atoms with Crippen LogP contribution in [0.3, 0.4) is 0 Å². The van der Waals surface area contributed by atoms with Crippen molar-refractivity contribution in [1.29, 1.82) is 0 Å². The lowest BCUT2D eigenvalue weighted by Crippen LogP contribution is -2.37. The van der Waals surface area contributed by atoms with E-state index >= 15 is 0 Å². The molecule has 1 atom stereocenters. The van der Waals surface area contributed by atoms with Crippen molar-refractivity contribution in [1.82, 2.24) is 10.3 Å². The second kappa shape index (κ2) is 7.79. The summed E-state index contributed by atoms with van der Waals surface area (Å²) in [5, 5.41) is 5.00. The van der Waals surface area contributed by atoms with Crippen molar-refractivity contribution in [3.8, 4) is 16.3 Å². The Morgan fingerprint density at radius 3 is 2.42 bits per heavy atom. The molecule has 3 aromatic rings. The minimum absolute atomic E-state index is 0.239. The summed E-state index contributed by atoms with van der Waals surface area (Å²) in [6.07, 6.45) is 0. The Labute approximate surface area is 154 Å². The Kier molecular flexibility index (Phi) is 5.28. The number of hydrogen-bond acceptors (Lipinski definition) is 5. The molecule has 7 heteroatoms. The van der Waals surface area contributed by atoms with Gasteiger partial charge in [-0.2, -0.15) is 0 Å². The molecule has 0 aliphatic carbocycles. The molecule has 0 radical (unpaired) electrons. The van der Waals surface area contributed by atoms with Crippen molar-refractivity contribution in [3.63, 3.8) is 0 Å². The van der Waals surface area contributed by atoms with Crippen molar-refractivity contribution < 1.29 is 14.3 Å². The monoisotopic (exact) mass is 367 g/mol. The summed E-state index contributed by atoms with van der Waals surface area (Å²) in [4.78, 5) is 28.6. The Balaban J connectivity index is 1.77. The van der Waals surface area contributed by atoms with Gasteiger partial charge in [0.25, 0.3) is 5.91 Å². The number of ether oxygens (including phenoxy) is 1. The van der Waals surface area contributed by atoms with E-state index in [0.717, 1.165) is 11.3 Å². The topological polar surface area (TPSA) is 94.3 Å². The molecule has 2 aromatic carbocycles. The van der Waals surface area contributed by atoms with E-state index in [9.17, 15) is 9.59 Å². The SMILES string of the molecule is COc1ccc(-c2nc(C(=O)NC(C(N)=O)c3ccccc3)cs2)cc1. The molecule has 1 unspecified atom stereocenters. The summed E-state index contributed by atoms with van der Waals surface area (Å²) in [5.41, 5.74) is 7.18. The van der Waals surface area contributed by atoms with Gasteiger partial charge in [0.2, 0.25) is 5.91 Å². The number of thiazole rings is 1. The van der Waals surface area contributed by atoms with Crippen molar-refractivity contribution in [2.45, 2.75) is 6.04 Å². The number of methoxy groups -OCH3 is 1. The first-order chi connectivity index (χ1) is 12.6. The molecule has 0 aliphatic rings. The number of nitrogens with zero attached hydrogens (tertiary/aromatic N) is 1. The summed E-state index contributed by atoms with van der Waals surface area (Å²) >= 11 is 1.35. The molecule has 0 spiro atoms. The summed E-state index contributed by atoms with van der Waals surface area (Å²) in [5.74, 6) is -0.334. The molecule has 2 amide bonds. The smallest absolute Gasteiger partial charge is 0.271 e. The number of rotatable bonds is 6. The highest BCUT2D eigenvalue weighted by Crippen LogP contribution is 2.26. The van der Waals surface area contributed by atoms with Gasteiger partial charge < -0.3 is 15.8 Å². The number of aromatic nitrogens is 1. The molecule has 0 bridgehead atoms. The van der Waals surface area contributed by atoms with Gasteiger partial charge in [0.1, 0.15) is 22.5 Å². The zero-order chi connectivity index (χ0) is 18.5. The third-order valence-electron chi connectivity index (χ3n) is 3.77. The highest BCUT2D eigenvalue weighted by Gasteiger charge is 2.22. The predicted molar refractivity (Wildman–Crippen MR) is 99.9 cm³/mol. The maximum Gasteiger partial charge on any atom is 0.271 e. The van der Waals surface area contributed by atoms with Crippen LogP contribution in [0.25, 0.3) is 10.6 Å². The number of carbonyl (C=O) groups excluding carboxylic acids is 2. The number of hydrogen-bond donors (Lipinski definition) is 2. The van der Waals surface area contributed by atoms with Crippen LogP contribution < -0.4 is 15.8 Å². The van der Waals surface area contributed by atoms with E-state index < -0.39 is 17.9 Å². The molecule has 3 N–H and O–H groups in total. The van der Waals surface area contributed by atoms with Crippen LogP contribution in [0.5, 0.6) is 5.75 Å². The van der Waals surface area contributed by atoms with Gasteiger partial charge in [-0.05, 0) is 29.8 Å². The van der Waals surface area contributed by atoms with Crippen LogP contribution in [0.1, 0.15) is 22.1 Å². The Hall–Kier alpha value is -3.19. The molecule has 1 heterocycles. The van der Waals surface area contributed by atoms with Crippen LogP contribution in [0.2, 0.25) is 0 Å². The number of amides is 2. The quantitative estimate of drug-likeness (QED) is 0.700. The molecule has 3 rings (SSSR count). The van der Waals surface area contributed by atoms with Crippen molar-refractivity contribution >= 4 is 23.2 Å². The zero-order valence-corrected chi connectivity index (χ0v) is 14.8. The molecule has 0 saturated carbocycles. The Morgan fingerprint density at radius 1 is 1.12 bits per heavy atom. The second-order valence-corrected chi connectivity index (χ2v) is 6.34. The normalized spacial score (nSPS) is 11.6. The summed E-state index contributed by atoms with van der Waals surface area (Å²) < 4.78 is 5.13. The molecule has 6 nitrogen and oxygen atoms in total. The molecular formula is C19H17N3O3S. The molecule has 132 valence electrons. The van der Waals surface area contributed by atoms with Crippen LogP contribution >= 0.6 is 11.3 Å². The lowest BCUT2D eigenvalue weighted by Gasteiger charge is -2.14. The third-order valence-corrected chi connectivity index (χ3v) is 4.66. The van der Waals surface area contributed by atoms with E-state index in [1.54, 1.807) is 36.8 Å². The van der Waals surface area contributed by atoms with Crippen LogP contribution in [-0.4, -0.2) is 23.9 Å². The predicted octanol–water partition coefficient (Wildman–Crippen LogP) is 2.78. The fourth-order valence-corrected chi connectivity index (χ4v) is 3.22. The van der Waals surface area contributed by atoms with Crippen molar-refractivity contribution in [2.24, 2.45) is 5.73 Å². The van der Waals surface area contributed by atoms with Gasteiger partial charge in [-0.15, -0.1) is 11.3 Å². The van der Waals surface area contributed by atoms with E-state index in [-0.39, 0.29) is 5.69 Å². The van der Waals surface area contributed by atoms with E-state index in [0.29, 0.717) is 10.6 Å². The fourth-order valence-electron chi connectivity index (χ4n) is 2.41. The number of primary amides is 1. The minimum Gasteiger partial charge on any atom is -0.497 e. The van der Waals surface area contributed by atoms with Crippen LogP contribution in [0.4, 0.5) is 0 Å². The van der Waals surface area contributed by atoms with E-state index in [1.807, 2.05) is 30.3 Å². The van der Waals surface area contributed by atoms with Gasteiger partial charge >= 0.3 is 0 Å². The summed E-state index contributed by atoms with van der Waals surface area (Å²) in [7, 11) is 1.60. The number of benzene rings is 2. The maximum atomic E-state index is 12.5. The number of carbonyl (C=O) groups is 2. The minimum atomic E-state index is -0.908. The number of nitrogens with two attached hydrogens (primary N) is 1.